The number of thiazole rings is 1. The summed E-state index contributed by atoms with van der Waals surface area (Å²) in [6.45, 7) is 2.01. The number of rotatable bonds is 9. The summed E-state index contributed by atoms with van der Waals surface area (Å²) in [5, 5.41) is 19.8. The number of hydrogen-bond donors (Lipinski definition) is 3. The van der Waals surface area contributed by atoms with Gasteiger partial charge in [0.1, 0.15) is 25.0 Å². The predicted molar refractivity (Wildman–Crippen MR) is 218 cm³/mol. The largest absolute Gasteiger partial charge is 0.489 e. The first-order chi connectivity index (χ1) is 27.9. The molecule has 0 fully saturated rings. The molecule has 4 N–H and O–H groups in total. The molecule has 58 heavy (non-hydrogen) atoms. The molecule has 0 aliphatic carbocycles. The van der Waals surface area contributed by atoms with Gasteiger partial charge in [0, 0.05) is 25.1 Å². The molecule has 2 unspecified atom stereocenters. The first kappa shape index (κ1) is 41.8. The second-order valence-electron chi connectivity index (χ2n) is 12.9. The summed E-state index contributed by atoms with van der Waals surface area (Å²) < 4.78 is 48.0. The van der Waals surface area contributed by atoms with Crippen molar-refractivity contribution < 1.29 is 37.3 Å². The molecular formula is C41H35Cl2N5O8S2. The SMILES string of the molecule is Cc1nc(N)sc1S(=O)(=O)N1Cc2cc3c(cc2CC1C(=O)NCCC#Cc1ccc(C#N)cc1)OCC(c1ccc(OCc2ccc(Cl)c(Cl)c2)cc1)O3.O=CO. The van der Waals surface area contributed by atoms with E-state index >= 15 is 0 Å². The van der Waals surface area contributed by atoms with Gasteiger partial charge in [0.25, 0.3) is 16.5 Å². The maximum absolute atomic E-state index is 14.2. The summed E-state index contributed by atoms with van der Waals surface area (Å²) in [5.74, 6) is 7.21. The summed E-state index contributed by atoms with van der Waals surface area (Å²) >= 11 is 13.0. The molecule has 2 atom stereocenters. The summed E-state index contributed by atoms with van der Waals surface area (Å²) in [6, 6.07) is 24.4. The molecule has 17 heteroatoms. The molecule has 0 spiro atoms. The van der Waals surface area contributed by atoms with Gasteiger partial charge < -0.3 is 30.4 Å². The van der Waals surface area contributed by atoms with Gasteiger partial charge >= 0.3 is 0 Å². The van der Waals surface area contributed by atoms with Gasteiger partial charge in [0.2, 0.25) is 5.91 Å². The van der Waals surface area contributed by atoms with E-state index in [0.717, 1.165) is 33.6 Å². The molecule has 7 rings (SSSR count). The van der Waals surface area contributed by atoms with Crippen LogP contribution in [0.3, 0.4) is 0 Å². The average Bonchev–Trinajstić information content (AvgIpc) is 3.58. The van der Waals surface area contributed by atoms with E-state index in [2.05, 4.69) is 28.2 Å². The second-order valence-corrected chi connectivity index (χ2v) is 16.9. The fraction of sp³-hybridized carbons (Fsp3) is 0.220. The number of nitrogens with two attached hydrogens (primary N) is 1. The summed E-state index contributed by atoms with van der Waals surface area (Å²) in [7, 11) is -4.19. The number of anilines is 1. The maximum Gasteiger partial charge on any atom is 0.290 e. The molecule has 2 aliphatic heterocycles. The molecular weight excluding hydrogens is 826 g/mol. The number of nitrogens with one attached hydrogen (secondary N) is 1. The molecule has 0 radical (unpaired) electrons. The summed E-state index contributed by atoms with van der Waals surface area (Å²) in [6.07, 6.45) is 0.00845. The van der Waals surface area contributed by atoms with Crippen LogP contribution in [0.4, 0.5) is 5.13 Å². The van der Waals surface area contributed by atoms with Crippen LogP contribution in [-0.4, -0.2) is 54.4 Å². The Balaban J connectivity index is 0.00000183. The van der Waals surface area contributed by atoms with Crippen LogP contribution in [0.1, 0.15) is 51.6 Å². The third-order valence-electron chi connectivity index (χ3n) is 9.07. The smallest absolute Gasteiger partial charge is 0.290 e. The van der Waals surface area contributed by atoms with Gasteiger partial charge in [-0.2, -0.15) is 9.57 Å². The molecule has 298 valence electrons. The Kier molecular flexibility index (Phi) is 13.4. The Morgan fingerprint density at radius 2 is 1.78 bits per heavy atom. The van der Waals surface area contributed by atoms with Crippen molar-refractivity contribution in [3.63, 3.8) is 0 Å². The highest BCUT2D eigenvalue weighted by Gasteiger charge is 2.42. The van der Waals surface area contributed by atoms with E-state index in [1.807, 2.05) is 36.4 Å². The highest BCUT2D eigenvalue weighted by atomic mass is 35.5. The van der Waals surface area contributed by atoms with Crippen LogP contribution in [0.2, 0.25) is 10.0 Å². The predicted octanol–water partition coefficient (Wildman–Crippen LogP) is 6.68. The minimum absolute atomic E-state index is 0.0125. The van der Waals surface area contributed by atoms with Crippen LogP contribution in [-0.2, 0) is 39.2 Å². The molecule has 1 amide bonds. The zero-order valence-electron chi connectivity index (χ0n) is 30.8. The lowest BCUT2D eigenvalue weighted by Crippen LogP contribution is -2.52. The van der Waals surface area contributed by atoms with E-state index in [1.54, 1.807) is 49.4 Å². The number of sulfonamides is 1. The third kappa shape index (κ3) is 9.82. The van der Waals surface area contributed by atoms with Gasteiger partial charge in [0.05, 0.1) is 27.4 Å². The van der Waals surface area contributed by atoms with Crippen molar-refractivity contribution in [1.82, 2.24) is 14.6 Å². The van der Waals surface area contributed by atoms with Gasteiger partial charge in [-0.3, -0.25) is 9.59 Å². The van der Waals surface area contributed by atoms with E-state index < -0.39 is 28.1 Å². The van der Waals surface area contributed by atoms with E-state index in [9.17, 15) is 13.2 Å². The molecule has 0 saturated heterocycles. The van der Waals surface area contributed by atoms with E-state index in [0.29, 0.717) is 51.4 Å². The van der Waals surface area contributed by atoms with Gasteiger partial charge in [0.15, 0.2) is 26.9 Å². The quantitative estimate of drug-likeness (QED) is 0.0814. The Hall–Kier alpha value is -5.81. The number of aryl methyl sites for hydroxylation is 1. The minimum Gasteiger partial charge on any atom is -0.489 e. The normalized spacial score (nSPS) is 15.6. The average molecular weight is 861 g/mol. The van der Waals surface area contributed by atoms with Crippen LogP contribution in [0.25, 0.3) is 0 Å². The van der Waals surface area contributed by atoms with Crippen molar-refractivity contribution in [3.05, 3.63) is 128 Å². The van der Waals surface area contributed by atoms with Gasteiger partial charge in [-0.1, -0.05) is 64.6 Å². The highest BCUT2D eigenvalue weighted by molar-refractivity contribution is 7.91. The number of fused-ring (bicyclic) bond motifs is 2. The molecule has 3 heterocycles. The number of hydrogen-bond acceptors (Lipinski definition) is 11. The molecule has 2 aliphatic rings. The number of ether oxygens (including phenoxy) is 3. The van der Waals surface area contributed by atoms with E-state index in [4.69, 9.17) is 58.3 Å². The van der Waals surface area contributed by atoms with Crippen molar-refractivity contribution in [2.45, 2.75) is 49.3 Å². The first-order valence-corrected chi connectivity index (χ1v) is 20.6. The number of amides is 1. The Bertz CT molecular complexity index is 2530. The second kappa shape index (κ2) is 18.6. The van der Waals surface area contributed by atoms with Crippen LogP contribution in [0.5, 0.6) is 17.2 Å². The zero-order valence-corrected chi connectivity index (χ0v) is 33.9. The number of carbonyl (C=O) groups is 2. The number of carbonyl (C=O) groups excluding carboxylic acids is 1. The third-order valence-corrected chi connectivity index (χ3v) is 13.2. The van der Waals surface area contributed by atoms with Crippen molar-refractivity contribution >= 4 is 62.1 Å². The number of nitrogen functional groups attached to an aromatic ring is 1. The number of benzene rings is 4. The number of carboxylic acid groups (broad SMARTS) is 1. The molecule has 0 bridgehead atoms. The number of nitriles is 1. The first-order valence-electron chi connectivity index (χ1n) is 17.6. The Labute approximate surface area is 348 Å². The van der Waals surface area contributed by atoms with E-state index in [-0.39, 0.29) is 47.6 Å². The Morgan fingerprint density at radius 3 is 2.45 bits per heavy atom. The van der Waals surface area contributed by atoms with Gasteiger partial charge in [-0.15, -0.1) is 0 Å². The highest BCUT2D eigenvalue weighted by Crippen LogP contribution is 2.42. The fourth-order valence-corrected chi connectivity index (χ4v) is 9.55. The lowest BCUT2D eigenvalue weighted by Gasteiger charge is -2.36. The molecule has 0 saturated carbocycles. The molecule has 1 aromatic heterocycles. The van der Waals surface area contributed by atoms with Crippen molar-refractivity contribution in [3.8, 4) is 35.2 Å². The van der Waals surface area contributed by atoms with Crippen molar-refractivity contribution in [2.75, 3.05) is 18.9 Å². The van der Waals surface area contributed by atoms with Crippen LogP contribution in [0.15, 0.2) is 83.1 Å². The van der Waals surface area contributed by atoms with Gasteiger partial charge in [-0.05, 0) is 96.3 Å². The van der Waals surface area contributed by atoms with Crippen LogP contribution < -0.4 is 25.3 Å². The topological polar surface area (TPSA) is 194 Å². The minimum atomic E-state index is -4.19. The zero-order chi connectivity index (χ0) is 41.4. The Morgan fingerprint density at radius 1 is 1.07 bits per heavy atom. The van der Waals surface area contributed by atoms with E-state index in [1.165, 1.54) is 4.31 Å². The fourth-order valence-electron chi connectivity index (χ4n) is 6.25. The lowest BCUT2D eigenvalue weighted by atomic mass is 9.94. The monoisotopic (exact) mass is 859 g/mol. The van der Waals surface area contributed by atoms with Crippen molar-refractivity contribution in [2.24, 2.45) is 0 Å². The number of aromatic nitrogens is 1. The molecule has 5 aromatic rings. The summed E-state index contributed by atoms with van der Waals surface area (Å²) in [5.41, 5.74) is 10.7. The molecule has 4 aromatic carbocycles. The van der Waals surface area contributed by atoms with Gasteiger partial charge in [-0.25, -0.2) is 13.4 Å². The maximum atomic E-state index is 14.2. The van der Waals surface area contributed by atoms with Crippen LogP contribution >= 0.6 is 34.5 Å². The van der Waals surface area contributed by atoms with Crippen LogP contribution in [0, 0.1) is 30.1 Å². The number of halogens is 2. The molecule has 13 nitrogen and oxygen atoms in total. The van der Waals surface area contributed by atoms with Crippen molar-refractivity contribution in [1.29, 1.82) is 5.26 Å². The lowest BCUT2D eigenvalue weighted by molar-refractivity contribution is -0.125. The number of nitrogens with zero attached hydrogens (tertiary/aromatic N) is 3. The standard InChI is InChI=1S/C40H33Cl2N5O6S2.CH2O2/c1-24-39(54-40(44)46-24)55(49,50)47-21-30-19-36-35(18-29(30)17-34(47)38(48)45-15-3-2-4-25-5-7-26(20-43)8-6-25)52-23-37(53-36)28-10-12-31(13-11-28)51-22-27-9-14-32(41)33(42)16-27;2-1-3/h5-14,16,18-19,34,37H,3,15,17,21-23H2,1H3,(H2,44,46)(H,45,48);1H,(H,2,3). The summed E-state index contributed by atoms with van der Waals surface area (Å²) in [4.78, 5) is 26.2.